The van der Waals surface area contributed by atoms with E-state index in [1.807, 2.05) is 0 Å². The second kappa shape index (κ2) is 5.74. The number of hydrogen-bond donors (Lipinski definition) is 1. The molecule has 1 aromatic heterocycles. The lowest BCUT2D eigenvalue weighted by Crippen LogP contribution is -2.45. The molecule has 1 aliphatic heterocycles. The summed E-state index contributed by atoms with van der Waals surface area (Å²) < 4.78 is 1.29. The third-order valence-electron chi connectivity index (χ3n) is 4.19. The van der Waals surface area contributed by atoms with Crippen molar-refractivity contribution in [2.45, 2.75) is 44.2 Å². The SMILES string of the molecule is Cn1ncc(N(CC2CCCCN2)C2CC2)c(Cl)c1=O. The predicted octanol–water partition coefficient (Wildman–Crippen LogP) is 1.54. The maximum Gasteiger partial charge on any atom is 0.287 e. The zero-order valence-electron chi connectivity index (χ0n) is 11.8. The van der Waals surface area contributed by atoms with Crippen LogP contribution in [0.3, 0.4) is 0 Å². The number of rotatable bonds is 4. The van der Waals surface area contributed by atoms with Gasteiger partial charge < -0.3 is 10.2 Å². The summed E-state index contributed by atoms with van der Waals surface area (Å²) in [5, 5.41) is 7.98. The average molecular weight is 297 g/mol. The summed E-state index contributed by atoms with van der Waals surface area (Å²) >= 11 is 6.25. The summed E-state index contributed by atoms with van der Waals surface area (Å²) in [7, 11) is 1.63. The largest absolute Gasteiger partial charge is 0.364 e. The van der Waals surface area contributed by atoms with Crippen molar-refractivity contribution < 1.29 is 0 Å². The minimum Gasteiger partial charge on any atom is -0.364 e. The summed E-state index contributed by atoms with van der Waals surface area (Å²) in [4.78, 5) is 14.2. The molecule has 1 saturated heterocycles. The van der Waals surface area contributed by atoms with Crippen molar-refractivity contribution in [1.82, 2.24) is 15.1 Å². The molecular weight excluding hydrogens is 276 g/mol. The molecule has 0 aromatic carbocycles. The summed E-state index contributed by atoms with van der Waals surface area (Å²) in [5.74, 6) is 0. The molecule has 0 radical (unpaired) electrons. The zero-order chi connectivity index (χ0) is 14.1. The normalized spacial score (nSPS) is 22.8. The summed E-state index contributed by atoms with van der Waals surface area (Å²) in [6.45, 7) is 2.00. The number of aryl methyl sites for hydroxylation is 1. The summed E-state index contributed by atoms with van der Waals surface area (Å²) in [5.41, 5.74) is 0.580. The monoisotopic (exact) mass is 296 g/mol. The van der Waals surface area contributed by atoms with Crippen molar-refractivity contribution >= 4 is 17.3 Å². The third kappa shape index (κ3) is 2.83. The van der Waals surface area contributed by atoms with Crippen LogP contribution >= 0.6 is 11.6 Å². The first-order chi connectivity index (χ1) is 9.66. The first-order valence-electron chi connectivity index (χ1n) is 7.38. The van der Waals surface area contributed by atoms with E-state index in [1.165, 1.54) is 36.8 Å². The van der Waals surface area contributed by atoms with E-state index in [4.69, 9.17) is 11.6 Å². The number of nitrogens with zero attached hydrogens (tertiary/aromatic N) is 3. The Bertz CT molecular complexity index is 534. The number of halogens is 1. The van der Waals surface area contributed by atoms with Crippen LogP contribution in [0.4, 0.5) is 5.69 Å². The second-order valence-electron chi connectivity index (χ2n) is 5.80. The molecule has 110 valence electrons. The fraction of sp³-hybridized carbons (Fsp3) is 0.714. The van der Waals surface area contributed by atoms with Gasteiger partial charge in [0, 0.05) is 25.7 Å². The number of anilines is 1. The number of piperidine rings is 1. The lowest BCUT2D eigenvalue weighted by atomic mass is 10.0. The highest BCUT2D eigenvalue weighted by Crippen LogP contribution is 2.34. The van der Waals surface area contributed by atoms with Crippen LogP contribution in [-0.2, 0) is 7.05 Å². The Morgan fingerprint density at radius 1 is 1.45 bits per heavy atom. The molecule has 20 heavy (non-hydrogen) atoms. The van der Waals surface area contributed by atoms with Crippen molar-refractivity contribution in [3.63, 3.8) is 0 Å². The average Bonchev–Trinajstić information content (AvgIpc) is 3.29. The molecule has 0 spiro atoms. The fourth-order valence-corrected chi connectivity index (χ4v) is 3.13. The molecule has 1 saturated carbocycles. The maximum atomic E-state index is 12.0. The molecule has 2 aliphatic rings. The Balaban J connectivity index is 1.83. The van der Waals surface area contributed by atoms with Crippen molar-refractivity contribution in [2.75, 3.05) is 18.0 Å². The first-order valence-corrected chi connectivity index (χ1v) is 7.76. The molecule has 1 aliphatic carbocycles. The number of aromatic nitrogens is 2. The molecule has 1 aromatic rings. The molecule has 5 nitrogen and oxygen atoms in total. The Labute approximate surface area is 123 Å². The van der Waals surface area contributed by atoms with Gasteiger partial charge in [0.2, 0.25) is 0 Å². The van der Waals surface area contributed by atoms with Gasteiger partial charge in [0.15, 0.2) is 0 Å². The van der Waals surface area contributed by atoms with E-state index in [-0.39, 0.29) is 5.56 Å². The lowest BCUT2D eigenvalue weighted by Gasteiger charge is -2.32. The van der Waals surface area contributed by atoms with Crippen LogP contribution in [0.2, 0.25) is 5.02 Å². The first kappa shape index (κ1) is 13.9. The van der Waals surface area contributed by atoms with Crippen LogP contribution in [0, 0.1) is 0 Å². The van der Waals surface area contributed by atoms with Gasteiger partial charge in [0.1, 0.15) is 5.02 Å². The van der Waals surface area contributed by atoms with Crippen LogP contribution < -0.4 is 15.8 Å². The predicted molar refractivity (Wildman–Crippen MR) is 80.5 cm³/mol. The topological polar surface area (TPSA) is 50.2 Å². The van der Waals surface area contributed by atoms with Gasteiger partial charge in [0.05, 0.1) is 11.9 Å². The van der Waals surface area contributed by atoms with Crippen LogP contribution in [-0.4, -0.2) is 35.0 Å². The summed E-state index contributed by atoms with van der Waals surface area (Å²) in [6.07, 6.45) is 7.81. The Hall–Kier alpha value is -1.07. The Morgan fingerprint density at radius 3 is 2.90 bits per heavy atom. The summed E-state index contributed by atoms with van der Waals surface area (Å²) in [6, 6.07) is 1.01. The smallest absolute Gasteiger partial charge is 0.287 e. The molecule has 6 heteroatoms. The van der Waals surface area contributed by atoms with Gasteiger partial charge in [-0.1, -0.05) is 18.0 Å². The van der Waals surface area contributed by atoms with E-state index in [2.05, 4.69) is 15.3 Å². The van der Waals surface area contributed by atoms with E-state index in [0.29, 0.717) is 17.1 Å². The minimum atomic E-state index is -0.216. The van der Waals surface area contributed by atoms with Crippen LogP contribution in [0.15, 0.2) is 11.0 Å². The Morgan fingerprint density at radius 2 is 2.25 bits per heavy atom. The molecule has 3 rings (SSSR count). The van der Waals surface area contributed by atoms with Crippen molar-refractivity contribution in [1.29, 1.82) is 0 Å². The van der Waals surface area contributed by atoms with E-state index in [0.717, 1.165) is 18.8 Å². The van der Waals surface area contributed by atoms with E-state index >= 15 is 0 Å². The van der Waals surface area contributed by atoms with Gasteiger partial charge in [-0.3, -0.25) is 4.79 Å². The van der Waals surface area contributed by atoms with Gasteiger partial charge in [-0.15, -0.1) is 0 Å². The molecule has 0 bridgehead atoms. The van der Waals surface area contributed by atoms with Crippen LogP contribution in [0.25, 0.3) is 0 Å². The molecule has 1 N–H and O–H groups in total. The van der Waals surface area contributed by atoms with Crippen molar-refractivity contribution in [2.24, 2.45) is 7.05 Å². The highest BCUT2D eigenvalue weighted by molar-refractivity contribution is 6.33. The standard InChI is InChI=1S/C14H21ClN4O/c1-18-14(20)13(15)12(8-17-18)19(11-5-6-11)9-10-4-2-3-7-16-10/h8,10-11,16H,2-7,9H2,1H3. The maximum absolute atomic E-state index is 12.0. The highest BCUT2D eigenvalue weighted by atomic mass is 35.5. The highest BCUT2D eigenvalue weighted by Gasteiger charge is 2.33. The Kier molecular flexibility index (Phi) is 3.98. The van der Waals surface area contributed by atoms with Crippen LogP contribution in [0.5, 0.6) is 0 Å². The van der Waals surface area contributed by atoms with Crippen molar-refractivity contribution in [3.8, 4) is 0 Å². The molecular formula is C14H21ClN4O. The second-order valence-corrected chi connectivity index (χ2v) is 6.18. The third-order valence-corrected chi connectivity index (χ3v) is 4.54. The lowest BCUT2D eigenvalue weighted by molar-refractivity contribution is 0.398. The zero-order valence-corrected chi connectivity index (χ0v) is 12.6. The van der Waals surface area contributed by atoms with Gasteiger partial charge >= 0.3 is 0 Å². The van der Waals surface area contributed by atoms with E-state index < -0.39 is 0 Å². The molecule has 2 heterocycles. The minimum absolute atomic E-state index is 0.216. The van der Waals surface area contributed by atoms with Crippen LogP contribution in [0.1, 0.15) is 32.1 Å². The fourth-order valence-electron chi connectivity index (χ4n) is 2.85. The van der Waals surface area contributed by atoms with Crippen molar-refractivity contribution in [3.05, 3.63) is 21.6 Å². The van der Waals surface area contributed by atoms with E-state index in [9.17, 15) is 4.79 Å². The molecule has 1 atom stereocenters. The van der Waals surface area contributed by atoms with Gasteiger partial charge in [-0.25, -0.2) is 4.68 Å². The molecule has 1 unspecified atom stereocenters. The quantitative estimate of drug-likeness (QED) is 0.916. The van der Waals surface area contributed by atoms with Gasteiger partial charge in [-0.2, -0.15) is 5.10 Å². The number of nitrogens with one attached hydrogen (secondary N) is 1. The van der Waals surface area contributed by atoms with Gasteiger partial charge in [-0.05, 0) is 32.2 Å². The number of hydrogen-bond acceptors (Lipinski definition) is 4. The van der Waals surface area contributed by atoms with E-state index in [1.54, 1.807) is 13.2 Å². The molecule has 0 amide bonds. The molecule has 2 fully saturated rings. The van der Waals surface area contributed by atoms with Gasteiger partial charge in [0.25, 0.3) is 5.56 Å².